The molecule has 0 fully saturated rings. The Morgan fingerprint density at radius 1 is 1.11 bits per heavy atom. The number of hydrogen-bond acceptors (Lipinski definition) is 3. The lowest BCUT2D eigenvalue weighted by Crippen LogP contribution is -2.48. The van der Waals surface area contributed by atoms with Crippen LogP contribution in [0.4, 0.5) is 4.39 Å². The van der Waals surface area contributed by atoms with E-state index in [2.05, 4.69) is 22.4 Å². The highest BCUT2D eigenvalue weighted by Crippen LogP contribution is 2.26. The zero-order valence-electron chi connectivity index (χ0n) is 16.1. The van der Waals surface area contributed by atoms with E-state index in [-0.39, 0.29) is 29.9 Å². The number of benzene rings is 2. The molecule has 0 radical (unpaired) electrons. The molecule has 1 heterocycles. The Kier molecular flexibility index (Phi) is 5.87. The molecule has 0 aromatic heterocycles. The number of halogens is 1. The molecule has 146 valence electrons. The number of carbonyl (C=O) groups is 2. The predicted octanol–water partition coefficient (Wildman–Crippen LogP) is 2.94. The molecular formula is C22H24FN3O2. The third-order valence-electron chi connectivity index (χ3n) is 4.72. The third-order valence-corrected chi connectivity index (χ3v) is 4.72. The van der Waals surface area contributed by atoms with Gasteiger partial charge in [-0.15, -0.1) is 0 Å². The molecular weight excluding hydrogens is 357 g/mol. The highest BCUT2D eigenvalue weighted by atomic mass is 19.1. The first kappa shape index (κ1) is 19.7. The Labute approximate surface area is 164 Å². The summed E-state index contributed by atoms with van der Waals surface area (Å²) < 4.78 is 13.1. The maximum Gasteiger partial charge on any atom is 0.275 e. The second-order valence-electron chi connectivity index (χ2n) is 7.29. The quantitative estimate of drug-likeness (QED) is 0.750. The van der Waals surface area contributed by atoms with Crippen LogP contribution < -0.4 is 5.32 Å². The van der Waals surface area contributed by atoms with Crippen molar-refractivity contribution < 1.29 is 14.0 Å². The van der Waals surface area contributed by atoms with Crippen molar-refractivity contribution in [2.45, 2.75) is 32.4 Å². The fraction of sp³-hybridized carbons (Fsp3) is 0.318. The van der Waals surface area contributed by atoms with Crippen molar-refractivity contribution >= 4 is 17.5 Å². The highest BCUT2D eigenvalue weighted by molar-refractivity contribution is 6.46. The lowest BCUT2D eigenvalue weighted by molar-refractivity contribution is -0.133. The Hall–Kier alpha value is -3.02. The fourth-order valence-corrected chi connectivity index (χ4v) is 3.18. The maximum atomic E-state index is 13.1. The average molecular weight is 381 g/mol. The summed E-state index contributed by atoms with van der Waals surface area (Å²) in [7, 11) is 0. The van der Waals surface area contributed by atoms with Crippen LogP contribution in [0, 0.1) is 5.82 Å². The maximum absolute atomic E-state index is 13.1. The van der Waals surface area contributed by atoms with E-state index < -0.39 is 5.66 Å². The summed E-state index contributed by atoms with van der Waals surface area (Å²) in [5.74, 6) is -0.915. The molecule has 6 heteroatoms. The molecule has 3 rings (SSSR count). The van der Waals surface area contributed by atoms with E-state index in [1.807, 2.05) is 18.2 Å². The largest absolute Gasteiger partial charge is 0.355 e. The second-order valence-corrected chi connectivity index (χ2v) is 7.29. The Bertz CT molecular complexity index is 876. The normalized spacial score (nSPS) is 15.5. The highest BCUT2D eigenvalue weighted by Gasteiger charge is 2.41. The van der Waals surface area contributed by atoms with Gasteiger partial charge in [-0.25, -0.2) is 4.39 Å². The molecule has 2 aromatic rings. The molecule has 1 aliphatic heterocycles. The minimum atomic E-state index is -0.831. The molecule has 28 heavy (non-hydrogen) atoms. The number of hydrogen-bond donors (Lipinski definition) is 1. The minimum Gasteiger partial charge on any atom is -0.355 e. The summed E-state index contributed by atoms with van der Waals surface area (Å²) in [5, 5.41) is 2.87. The predicted molar refractivity (Wildman–Crippen MR) is 107 cm³/mol. The summed E-state index contributed by atoms with van der Waals surface area (Å²) in [5.41, 5.74) is 1.19. The first-order valence-corrected chi connectivity index (χ1v) is 9.35. The second kappa shape index (κ2) is 8.33. The van der Waals surface area contributed by atoms with Crippen LogP contribution in [0.1, 0.15) is 31.4 Å². The Balaban J connectivity index is 1.54. The van der Waals surface area contributed by atoms with E-state index >= 15 is 0 Å². The summed E-state index contributed by atoms with van der Waals surface area (Å²) in [6.07, 6.45) is 1.71. The zero-order chi connectivity index (χ0) is 20.1. The standard InChI is InChI=1S/C22H24FN3O2/c1-22(2)25-20(17-10-12-18(23)13-11-17)21(28)26(22)15-19(27)24-14-6-9-16-7-4-3-5-8-16/h3-5,7-8,10-13H,6,9,14-15H2,1-2H3,(H,24,27). The van der Waals surface area contributed by atoms with Gasteiger partial charge in [0.15, 0.2) is 0 Å². The summed E-state index contributed by atoms with van der Waals surface area (Å²) in [6, 6.07) is 15.7. The lowest BCUT2D eigenvalue weighted by atomic mass is 10.1. The van der Waals surface area contributed by atoms with Crippen LogP contribution >= 0.6 is 0 Å². The first-order chi connectivity index (χ1) is 13.4. The molecule has 0 spiro atoms. The molecule has 0 bridgehead atoms. The molecule has 2 amide bonds. The number of rotatable bonds is 7. The molecule has 0 aliphatic carbocycles. The van der Waals surface area contributed by atoms with Gasteiger partial charge in [0.05, 0.1) is 0 Å². The van der Waals surface area contributed by atoms with Crippen molar-refractivity contribution in [2.24, 2.45) is 4.99 Å². The fourth-order valence-electron chi connectivity index (χ4n) is 3.18. The number of aliphatic imine (C=N–C) groups is 1. The molecule has 1 aliphatic rings. The first-order valence-electron chi connectivity index (χ1n) is 9.35. The van der Waals surface area contributed by atoms with Crippen molar-refractivity contribution in [3.05, 3.63) is 71.5 Å². The van der Waals surface area contributed by atoms with Crippen LogP contribution in [-0.4, -0.2) is 41.2 Å². The van der Waals surface area contributed by atoms with E-state index in [4.69, 9.17) is 0 Å². The number of nitrogens with one attached hydrogen (secondary N) is 1. The Morgan fingerprint density at radius 3 is 2.46 bits per heavy atom. The monoisotopic (exact) mass is 381 g/mol. The molecule has 0 atom stereocenters. The number of nitrogens with zero attached hydrogens (tertiary/aromatic N) is 2. The van der Waals surface area contributed by atoms with E-state index in [0.29, 0.717) is 12.1 Å². The summed E-state index contributed by atoms with van der Waals surface area (Å²) in [6.45, 7) is 4.04. The van der Waals surface area contributed by atoms with E-state index in [9.17, 15) is 14.0 Å². The van der Waals surface area contributed by atoms with Gasteiger partial charge in [0.1, 0.15) is 23.7 Å². The van der Waals surface area contributed by atoms with Gasteiger partial charge >= 0.3 is 0 Å². The average Bonchev–Trinajstić information content (AvgIpc) is 2.90. The van der Waals surface area contributed by atoms with Gasteiger partial charge in [-0.1, -0.05) is 30.3 Å². The topological polar surface area (TPSA) is 61.8 Å². The smallest absolute Gasteiger partial charge is 0.275 e. The van der Waals surface area contributed by atoms with Crippen LogP contribution in [0.25, 0.3) is 0 Å². The van der Waals surface area contributed by atoms with E-state index in [1.165, 1.54) is 34.7 Å². The van der Waals surface area contributed by atoms with Gasteiger partial charge in [0.2, 0.25) is 5.91 Å². The molecule has 1 N–H and O–H groups in total. The number of amides is 2. The third kappa shape index (κ3) is 4.63. The lowest BCUT2D eigenvalue weighted by Gasteiger charge is -2.28. The number of carbonyl (C=O) groups excluding carboxylic acids is 2. The van der Waals surface area contributed by atoms with Gasteiger partial charge in [-0.05, 0) is 56.5 Å². The minimum absolute atomic E-state index is 0.0641. The van der Waals surface area contributed by atoms with E-state index in [0.717, 1.165) is 12.8 Å². The van der Waals surface area contributed by atoms with Gasteiger partial charge < -0.3 is 10.2 Å². The van der Waals surface area contributed by atoms with Crippen LogP contribution in [0.3, 0.4) is 0 Å². The van der Waals surface area contributed by atoms with Gasteiger partial charge in [-0.3, -0.25) is 14.6 Å². The van der Waals surface area contributed by atoms with Crippen LogP contribution in [-0.2, 0) is 16.0 Å². The van der Waals surface area contributed by atoms with Crippen LogP contribution in [0.5, 0.6) is 0 Å². The van der Waals surface area contributed by atoms with Crippen molar-refractivity contribution in [2.75, 3.05) is 13.1 Å². The van der Waals surface area contributed by atoms with Crippen LogP contribution in [0.15, 0.2) is 59.6 Å². The van der Waals surface area contributed by atoms with Crippen molar-refractivity contribution in [1.82, 2.24) is 10.2 Å². The Morgan fingerprint density at radius 2 is 1.79 bits per heavy atom. The molecule has 0 saturated carbocycles. The van der Waals surface area contributed by atoms with Gasteiger partial charge in [-0.2, -0.15) is 0 Å². The molecule has 5 nitrogen and oxygen atoms in total. The summed E-state index contributed by atoms with van der Waals surface area (Å²) in [4.78, 5) is 31.0. The number of aryl methyl sites for hydroxylation is 1. The zero-order valence-corrected chi connectivity index (χ0v) is 16.1. The van der Waals surface area contributed by atoms with Crippen molar-refractivity contribution in [3.63, 3.8) is 0 Å². The molecule has 2 aromatic carbocycles. The van der Waals surface area contributed by atoms with Crippen molar-refractivity contribution in [3.8, 4) is 0 Å². The molecule has 0 saturated heterocycles. The summed E-state index contributed by atoms with van der Waals surface area (Å²) >= 11 is 0. The van der Waals surface area contributed by atoms with Crippen molar-refractivity contribution in [1.29, 1.82) is 0 Å². The van der Waals surface area contributed by atoms with Gasteiger partial charge in [0.25, 0.3) is 5.91 Å². The van der Waals surface area contributed by atoms with Gasteiger partial charge in [0, 0.05) is 12.1 Å². The molecule has 0 unspecified atom stereocenters. The van der Waals surface area contributed by atoms with E-state index in [1.54, 1.807) is 13.8 Å². The van der Waals surface area contributed by atoms with Crippen LogP contribution in [0.2, 0.25) is 0 Å². The SMILES string of the molecule is CC1(C)N=C(c2ccc(F)cc2)C(=O)N1CC(=O)NCCCc1ccccc1.